The Morgan fingerprint density at radius 2 is 1.73 bits per heavy atom. The highest BCUT2D eigenvalue weighted by atomic mass is 19.3. The van der Waals surface area contributed by atoms with Crippen LogP contribution in [-0.4, -0.2) is 30.0 Å². The number of carbonyl (C=O) groups is 2. The van der Waals surface area contributed by atoms with Gasteiger partial charge in [0.05, 0.1) is 5.54 Å². The van der Waals surface area contributed by atoms with Gasteiger partial charge in [0, 0.05) is 0 Å². The largest absolute Gasteiger partial charge is 0.431 e. The van der Waals surface area contributed by atoms with Gasteiger partial charge in [-0.15, -0.1) is 0 Å². The van der Waals surface area contributed by atoms with Crippen molar-refractivity contribution in [3.8, 4) is 5.75 Å². The smallest absolute Gasteiger partial charge is 0.427 e. The van der Waals surface area contributed by atoms with Crippen LogP contribution in [0.3, 0.4) is 0 Å². The zero-order chi connectivity index (χ0) is 19.1. The molecular weight excluding hydrogens is 347 g/mol. The van der Waals surface area contributed by atoms with Gasteiger partial charge in [-0.05, 0) is 55.5 Å². The van der Waals surface area contributed by atoms with Crippen LogP contribution in [0.5, 0.6) is 5.75 Å². The molecule has 1 atom stereocenters. The molecule has 2 aliphatic rings. The van der Waals surface area contributed by atoms with Crippen LogP contribution in [0.2, 0.25) is 0 Å². The van der Waals surface area contributed by atoms with Crippen LogP contribution >= 0.6 is 0 Å². The summed E-state index contributed by atoms with van der Waals surface area (Å²) in [6.07, 6.45) is 0.186. The Morgan fingerprint density at radius 1 is 1.15 bits per heavy atom. The van der Waals surface area contributed by atoms with Gasteiger partial charge in [0.2, 0.25) is 5.91 Å². The molecule has 3 rings (SSSR count). The molecule has 4 nitrogen and oxygen atoms in total. The van der Waals surface area contributed by atoms with E-state index >= 15 is 0 Å². The molecule has 1 spiro atoms. The minimum Gasteiger partial charge on any atom is -0.431 e. The van der Waals surface area contributed by atoms with Gasteiger partial charge in [-0.25, -0.2) is 4.39 Å². The number of halogens is 3. The highest BCUT2D eigenvalue weighted by Crippen LogP contribution is 2.41. The summed E-state index contributed by atoms with van der Waals surface area (Å²) in [5, 5.41) is 2.89. The Kier molecular flexibility index (Phi) is 4.75. The van der Waals surface area contributed by atoms with Crippen LogP contribution < -0.4 is 10.1 Å². The van der Waals surface area contributed by atoms with Gasteiger partial charge in [-0.2, -0.15) is 8.78 Å². The minimum atomic E-state index is -3.91. The Bertz CT molecular complexity index is 719. The third-order valence-electron chi connectivity index (χ3n) is 5.34. The Hall–Kier alpha value is -2.05. The predicted octanol–water partition coefficient (Wildman–Crippen LogP) is 3.73. The molecule has 142 valence electrons. The van der Waals surface area contributed by atoms with Gasteiger partial charge >= 0.3 is 6.11 Å². The predicted molar refractivity (Wildman–Crippen MR) is 89.2 cm³/mol. The van der Waals surface area contributed by atoms with Crippen molar-refractivity contribution in [1.29, 1.82) is 0 Å². The molecule has 0 aromatic heterocycles. The molecule has 2 fully saturated rings. The number of hydrogen-bond acceptors (Lipinski definition) is 3. The number of carbonyl (C=O) groups excluding carboxylic acids is 2. The number of Topliss-reactive ketones (excluding diaryl/α,β-unsaturated/α-hetero) is 1. The molecule has 0 bridgehead atoms. The van der Waals surface area contributed by atoms with E-state index in [0.29, 0.717) is 29.5 Å². The Labute approximate surface area is 150 Å². The van der Waals surface area contributed by atoms with Gasteiger partial charge in [0.1, 0.15) is 11.7 Å². The minimum absolute atomic E-state index is 0.142. The van der Waals surface area contributed by atoms with Crippen LogP contribution in [0.25, 0.3) is 0 Å². The number of benzene rings is 1. The lowest BCUT2D eigenvalue weighted by Gasteiger charge is -2.31. The molecule has 1 aromatic rings. The maximum Gasteiger partial charge on any atom is 0.427 e. The third-order valence-corrected chi connectivity index (χ3v) is 5.34. The van der Waals surface area contributed by atoms with E-state index in [2.05, 4.69) is 10.1 Å². The SMILES string of the molecule is Cc1cc(OC(F)(F)CF)cc(C)c1C1C(=O)NC2(CCCCC2)C1=O. The molecule has 26 heavy (non-hydrogen) atoms. The molecular formula is C19H22F3NO3. The van der Waals surface area contributed by atoms with E-state index in [1.807, 2.05) is 0 Å². The van der Waals surface area contributed by atoms with Crippen molar-refractivity contribution in [2.24, 2.45) is 0 Å². The van der Waals surface area contributed by atoms with Crippen LogP contribution in [0, 0.1) is 13.8 Å². The van der Waals surface area contributed by atoms with Crippen molar-refractivity contribution >= 4 is 11.7 Å². The average Bonchev–Trinajstić information content (AvgIpc) is 2.79. The molecule has 1 aliphatic carbocycles. The lowest BCUT2D eigenvalue weighted by Crippen LogP contribution is -2.47. The van der Waals surface area contributed by atoms with E-state index in [4.69, 9.17) is 0 Å². The van der Waals surface area contributed by atoms with Crippen molar-refractivity contribution in [2.45, 2.75) is 63.5 Å². The molecule has 1 aliphatic heterocycles. The molecule has 0 radical (unpaired) electrons. The fourth-order valence-electron chi connectivity index (χ4n) is 4.20. The van der Waals surface area contributed by atoms with Crippen LogP contribution in [0.1, 0.15) is 54.7 Å². The van der Waals surface area contributed by atoms with E-state index in [1.165, 1.54) is 12.1 Å². The summed E-state index contributed by atoms with van der Waals surface area (Å²) in [5.74, 6) is -1.62. The summed E-state index contributed by atoms with van der Waals surface area (Å²) in [7, 11) is 0. The number of ketones is 1. The lowest BCUT2D eigenvalue weighted by molar-refractivity contribution is -0.186. The van der Waals surface area contributed by atoms with E-state index in [1.54, 1.807) is 13.8 Å². The number of nitrogens with one attached hydrogen (secondary N) is 1. The van der Waals surface area contributed by atoms with Gasteiger partial charge in [-0.3, -0.25) is 9.59 Å². The van der Waals surface area contributed by atoms with Gasteiger partial charge < -0.3 is 10.1 Å². The monoisotopic (exact) mass is 369 g/mol. The number of amides is 1. The average molecular weight is 369 g/mol. The van der Waals surface area contributed by atoms with Crippen LogP contribution in [0.15, 0.2) is 12.1 Å². The maximum absolute atomic E-state index is 13.2. The fraction of sp³-hybridized carbons (Fsp3) is 0.579. The number of ether oxygens (including phenoxy) is 1. The number of hydrogen-bond donors (Lipinski definition) is 1. The van der Waals surface area contributed by atoms with E-state index in [0.717, 1.165) is 19.3 Å². The number of alkyl halides is 3. The second-order valence-electron chi connectivity index (χ2n) is 7.27. The van der Waals surface area contributed by atoms with Gasteiger partial charge in [0.25, 0.3) is 0 Å². The topological polar surface area (TPSA) is 55.4 Å². The second kappa shape index (κ2) is 6.59. The summed E-state index contributed by atoms with van der Waals surface area (Å²) >= 11 is 0. The molecule has 1 heterocycles. The lowest BCUT2D eigenvalue weighted by atomic mass is 9.76. The van der Waals surface area contributed by atoms with Crippen molar-refractivity contribution in [1.82, 2.24) is 5.32 Å². The molecule has 1 saturated heterocycles. The number of rotatable bonds is 4. The molecule has 1 unspecified atom stereocenters. The Balaban J connectivity index is 1.94. The van der Waals surface area contributed by atoms with Crippen molar-refractivity contribution < 1.29 is 27.5 Å². The normalized spacial score (nSPS) is 22.6. The second-order valence-corrected chi connectivity index (χ2v) is 7.27. The maximum atomic E-state index is 13.2. The van der Waals surface area contributed by atoms with E-state index in [9.17, 15) is 22.8 Å². The van der Waals surface area contributed by atoms with E-state index in [-0.39, 0.29) is 17.4 Å². The first kappa shape index (κ1) is 18.7. The highest BCUT2D eigenvalue weighted by Gasteiger charge is 2.53. The summed E-state index contributed by atoms with van der Waals surface area (Å²) in [6.45, 7) is 1.34. The van der Waals surface area contributed by atoms with Crippen molar-refractivity contribution in [2.75, 3.05) is 6.67 Å². The van der Waals surface area contributed by atoms with Crippen molar-refractivity contribution in [3.05, 3.63) is 28.8 Å². The molecule has 1 amide bonds. The summed E-state index contributed by atoms with van der Waals surface area (Å²) in [6, 6.07) is 2.64. The molecule has 1 aromatic carbocycles. The third kappa shape index (κ3) is 3.19. The molecule has 1 N–H and O–H groups in total. The fourth-order valence-corrected chi connectivity index (χ4v) is 4.20. The van der Waals surface area contributed by atoms with Crippen LogP contribution in [0.4, 0.5) is 13.2 Å². The van der Waals surface area contributed by atoms with Crippen molar-refractivity contribution in [3.63, 3.8) is 0 Å². The molecule has 7 heteroatoms. The molecule has 1 saturated carbocycles. The van der Waals surface area contributed by atoms with Gasteiger partial charge in [-0.1, -0.05) is 19.3 Å². The summed E-state index contributed by atoms with van der Waals surface area (Å²) in [5.41, 5.74) is 0.716. The number of aryl methyl sites for hydroxylation is 2. The first-order chi connectivity index (χ1) is 12.2. The Morgan fingerprint density at radius 3 is 2.27 bits per heavy atom. The standard InChI is InChI=1S/C19H22F3NO3/c1-11-8-13(26-19(21,22)10-20)9-12(2)14(11)15-16(24)18(23-17(15)25)6-4-3-5-7-18/h8-9,15H,3-7,10H2,1-2H3,(H,23,25). The van der Waals surface area contributed by atoms with Crippen LogP contribution in [-0.2, 0) is 9.59 Å². The van der Waals surface area contributed by atoms with E-state index < -0.39 is 24.2 Å². The summed E-state index contributed by atoms with van der Waals surface area (Å²) in [4.78, 5) is 25.7. The zero-order valence-electron chi connectivity index (χ0n) is 14.8. The highest BCUT2D eigenvalue weighted by molar-refractivity contribution is 6.17. The first-order valence-corrected chi connectivity index (χ1v) is 8.79. The van der Waals surface area contributed by atoms with Gasteiger partial charge in [0.15, 0.2) is 12.5 Å². The summed E-state index contributed by atoms with van der Waals surface area (Å²) < 4.78 is 43.0. The quantitative estimate of drug-likeness (QED) is 0.823. The first-order valence-electron chi connectivity index (χ1n) is 8.79. The zero-order valence-corrected chi connectivity index (χ0v) is 14.8.